The predicted octanol–water partition coefficient (Wildman–Crippen LogP) is 3.87. The molecule has 9 nitrogen and oxygen atoms in total. The van der Waals surface area contributed by atoms with Crippen molar-refractivity contribution < 1.29 is 18.8 Å². The topological polar surface area (TPSA) is 111 Å². The number of anilines is 1. The zero-order chi connectivity index (χ0) is 22.7. The van der Waals surface area contributed by atoms with Gasteiger partial charge in [0.05, 0.1) is 22.8 Å². The zero-order valence-corrected chi connectivity index (χ0v) is 18.1. The first-order valence-electron chi connectivity index (χ1n) is 9.85. The van der Waals surface area contributed by atoms with Gasteiger partial charge in [-0.15, -0.1) is 5.10 Å². The van der Waals surface area contributed by atoms with Crippen LogP contribution in [-0.2, 0) is 4.79 Å². The van der Waals surface area contributed by atoms with Crippen molar-refractivity contribution in [3.63, 3.8) is 0 Å². The summed E-state index contributed by atoms with van der Waals surface area (Å²) in [5.41, 5.74) is 1.98. The maximum atomic E-state index is 15.5. The van der Waals surface area contributed by atoms with E-state index >= 15 is 4.39 Å². The third-order valence-electron chi connectivity index (χ3n) is 4.46. The van der Waals surface area contributed by atoms with Crippen LogP contribution in [-0.4, -0.2) is 38.5 Å². The van der Waals surface area contributed by atoms with E-state index in [1.54, 1.807) is 38.2 Å². The Bertz CT molecular complexity index is 1290. The third-order valence-corrected chi connectivity index (χ3v) is 5.46. The Labute approximate surface area is 186 Å². The van der Waals surface area contributed by atoms with Crippen LogP contribution in [0, 0.1) is 5.82 Å². The average molecular weight is 454 g/mol. The molecule has 0 aliphatic rings. The minimum Gasteiger partial charge on any atom is -0.338 e. The molecular formula is C21H19FN6O3S. The lowest BCUT2D eigenvalue weighted by Crippen LogP contribution is -2.28. The van der Waals surface area contributed by atoms with Gasteiger partial charge in [-0.05, 0) is 25.1 Å². The number of aromatic nitrogens is 4. The van der Waals surface area contributed by atoms with Crippen LogP contribution in [0.5, 0.6) is 0 Å². The van der Waals surface area contributed by atoms with Crippen molar-refractivity contribution in [3.05, 3.63) is 48.7 Å². The largest absolute Gasteiger partial charge is 0.338 e. The van der Waals surface area contributed by atoms with Gasteiger partial charge in [0.2, 0.25) is 0 Å². The van der Waals surface area contributed by atoms with E-state index in [0.717, 1.165) is 16.2 Å². The molecule has 0 aliphatic heterocycles. The predicted molar refractivity (Wildman–Crippen MR) is 119 cm³/mol. The minimum absolute atomic E-state index is 0.0956. The Kier molecular flexibility index (Phi) is 6.08. The molecule has 0 aliphatic carbocycles. The molecule has 3 heterocycles. The Morgan fingerprint density at radius 1 is 1.25 bits per heavy atom. The molecule has 0 radical (unpaired) electrons. The summed E-state index contributed by atoms with van der Waals surface area (Å²) in [7, 11) is 0. The molecule has 0 atom stereocenters. The Morgan fingerprint density at radius 3 is 2.81 bits per heavy atom. The Hall–Kier alpha value is -3.86. The summed E-state index contributed by atoms with van der Waals surface area (Å²) < 4.78 is 16.1. The molecule has 0 fully saturated rings. The van der Waals surface area contributed by atoms with Crippen molar-refractivity contribution in [1.82, 2.24) is 25.2 Å². The molecular weight excluding hydrogens is 435 g/mol. The first-order chi connectivity index (χ1) is 15.5. The summed E-state index contributed by atoms with van der Waals surface area (Å²) in [6.07, 6.45) is 4.64. The monoisotopic (exact) mass is 454 g/mol. The maximum absolute atomic E-state index is 15.5. The number of rotatable bonds is 6. The molecule has 0 saturated heterocycles. The van der Waals surface area contributed by atoms with Crippen molar-refractivity contribution >= 4 is 38.7 Å². The molecule has 164 valence electrons. The second kappa shape index (κ2) is 9.10. The molecule has 11 heteroatoms. The average Bonchev–Trinajstić information content (AvgIpc) is 3.42. The fraction of sp³-hybridized carbons (Fsp3) is 0.190. The number of fused-ring (bicyclic) bond motifs is 1. The highest BCUT2D eigenvalue weighted by Crippen LogP contribution is 2.40. The first-order valence-corrected chi connectivity index (χ1v) is 10.7. The summed E-state index contributed by atoms with van der Waals surface area (Å²) in [5, 5.41) is 9.48. The van der Waals surface area contributed by atoms with E-state index in [1.807, 2.05) is 6.07 Å². The molecule has 4 rings (SSSR count). The molecule has 0 bridgehead atoms. The number of urea groups is 1. The van der Waals surface area contributed by atoms with Crippen molar-refractivity contribution in [3.8, 4) is 22.4 Å². The summed E-state index contributed by atoms with van der Waals surface area (Å²) in [6.45, 7) is 3.90. The van der Waals surface area contributed by atoms with Gasteiger partial charge in [0.1, 0.15) is 5.52 Å². The Morgan fingerprint density at radius 2 is 2.09 bits per heavy atom. The lowest BCUT2D eigenvalue weighted by Gasteiger charge is -2.07. The normalized spacial score (nSPS) is 10.8. The summed E-state index contributed by atoms with van der Waals surface area (Å²) >= 11 is 1.15. The van der Waals surface area contributed by atoms with Gasteiger partial charge >= 0.3 is 12.0 Å². The molecule has 32 heavy (non-hydrogen) atoms. The van der Waals surface area contributed by atoms with Crippen LogP contribution >= 0.6 is 11.3 Å². The van der Waals surface area contributed by atoms with Crippen LogP contribution in [0.3, 0.4) is 0 Å². The minimum atomic E-state index is -0.582. The second-order valence-electron chi connectivity index (χ2n) is 6.63. The molecule has 2 amide bonds. The summed E-state index contributed by atoms with van der Waals surface area (Å²) in [4.78, 5) is 38.2. The molecule has 3 aromatic heterocycles. The number of amides is 2. The van der Waals surface area contributed by atoms with E-state index in [9.17, 15) is 9.59 Å². The first kappa shape index (κ1) is 21.4. The summed E-state index contributed by atoms with van der Waals surface area (Å²) in [5.74, 6) is -1.05. The number of carbonyl (C=O) groups excluding carboxylic acids is 2. The standard InChI is InChI=1S/C21H19FN6O3S/c1-3-16(29)31-28-11-12(10-25-28)13-9-14(15-7-5-6-8-24-15)19-18(17(13)22)26-21(32-19)27-20(30)23-4-2/h5-11H,3-4H2,1-2H3,(H2,23,26,27,30). The Balaban J connectivity index is 1.84. The SMILES string of the molecule is CCNC(=O)Nc1nc2c(F)c(-c3cnn(OC(=O)CC)c3)cc(-c3ccccn3)c2s1. The van der Waals surface area contributed by atoms with Gasteiger partial charge < -0.3 is 10.2 Å². The van der Waals surface area contributed by atoms with E-state index < -0.39 is 17.8 Å². The highest BCUT2D eigenvalue weighted by Gasteiger charge is 2.21. The third kappa shape index (κ3) is 4.28. The van der Waals surface area contributed by atoms with E-state index in [1.165, 1.54) is 12.4 Å². The fourth-order valence-electron chi connectivity index (χ4n) is 2.99. The van der Waals surface area contributed by atoms with Gasteiger partial charge in [0.25, 0.3) is 0 Å². The van der Waals surface area contributed by atoms with Crippen LogP contribution in [0.4, 0.5) is 14.3 Å². The molecule has 1 aromatic carbocycles. The van der Waals surface area contributed by atoms with Crippen molar-refractivity contribution in [2.45, 2.75) is 20.3 Å². The number of thiazole rings is 1. The van der Waals surface area contributed by atoms with E-state index in [-0.39, 0.29) is 22.6 Å². The number of halogens is 1. The van der Waals surface area contributed by atoms with Crippen LogP contribution in [0.25, 0.3) is 32.6 Å². The quantitative estimate of drug-likeness (QED) is 0.458. The zero-order valence-electron chi connectivity index (χ0n) is 17.3. The van der Waals surface area contributed by atoms with E-state index in [2.05, 4.69) is 25.7 Å². The number of hydrogen-bond donors (Lipinski definition) is 2. The van der Waals surface area contributed by atoms with Gasteiger partial charge in [-0.25, -0.2) is 19.0 Å². The van der Waals surface area contributed by atoms with Gasteiger partial charge in [0, 0.05) is 35.9 Å². The highest BCUT2D eigenvalue weighted by atomic mass is 32.1. The van der Waals surface area contributed by atoms with Gasteiger partial charge in [-0.3, -0.25) is 10.3 Å². The van der Waals surface area contributed by atoms with Crippen molar-refractivity contribution in [1.29, 1.82) is 0 Å². The molecule has 4 aromatic rings. The molecule has 0 saturated carbocycles. The van der Waals surface area contributed by atoms with Crippen LogP contribution in [0.2, 0.25) is 0 Å². The molecule has 0 spiro atoms. The number of benzene rings is 1. The number of carbonyl (C=O) groups is 2. The van der Waals surface area contributed by atoms with Crippen LogP contribution in [0.1, 0.15) is 20.3 Å². The molecule has 2 N–H and O–H groups in total. The lowest BCUT2D eigenvalue weighted by molar-refractivity contribution is -0.145. The number of nitrogens with one attached hydrogen (secondary N) is 2. The van der Waals surface area contributed by atoms with Crippen molar-refractivity contribution in [2.75, 3.05) is 11.9 Å². The maximum Gasteiger partial charge on any atom is 0.334 e. The fourth-order valence-corrected chi connectivity index (χ4v) is 3.97. The van der Waals surface area contributed by atoms with E-state index in [4.69, 9.17) is 4.84 Å². The van der Waals surface area contributed by atoms with Crippen LogP contribution in [0.15, 0.2) is 42.9 Å². The van der Waals surface area contributed by atoms with Crippen LogP contribution < -0.4 is 15.5 Å². The van der Waals surface area contributed by atoms with Gasteiger partial charge in [0.15, 0.2) is 10.9 Å². The van der Waals surface area contributed by atoms with Gasteiger partial charge in [-0.1, -0.05) is 29.2 Å². The van der Waals surface area contributed by atoms with E-state index in [0.29, 0.717) is 28.1 Å². The second-order valence-corrected chi connectivity index (χ2v) is 7.63. The highest BCUT2D eigenvalue weighted by molar-refractivity contribution is 7.22. The number of hydrogen-bond acceptors (Lipinski definition) is 7. The van der Waals surface area contributed by atoms with Gasteiger partial charge in [-0.2, -0.15) is 0 Å². The lowest BCUT2D eigenvalue weighted by atomic mass is 10.0. The smallest absolute Gasteiger partial charge is 0.334 e. The number of pyridine rings is 1. The van der Waals surface area contributed by atoms with Crippen molar-refractivity contribution in [2.24, 2.45) is 0 Å². The summed E-state index contributed by atoms with van der Waals surface area (Å²) in [6, 6.07) is 6.64. The number of nitrogens with zero attached hydrogens (tertiary/aromatic N) is 4. The molecule has 0 unspecified atom stereocenters.